The molecule has 0 aliphatic heterocycles. The summed E-state index contributed by atoms with van der Waals surface area (Å²) in [6, 6.07) is 10.4. The monoisotopic (exact) mass is 343 g/mol. The number of nitro benzene ring substituents is 1. The normalized spacial score (nSPS) is 11.5. The first-order chi connectivity index (χ1) is 11.8. The van der Waals surface area contributed by atoms with Gasteiger partial charge in [0.1, 0.15) is 5.75 Å². The van der Waals surface area contributed by atoms with Crippen molar-refractivity contribution in [3.05, 3.63) is 69.3 Å². The van der Waals surface area contributed by atoms with Crippen LogP contribution in [0.4, 0.5) is 5.69 Å². The molecule has 0 spiro atoms. The summed E-state index contributed by atoms with van der Waals surface area (Å²) in [6.45, 7) is 3.02. The predicted molar refractivity (Wildman–Crippen MR) is 90.0 cm³/mol. The maximum Gasteiger partial charge on any atom is 0.339 e. The average molecular weight is 343 g/mol. The quantitative estimate of drug-likeness (QED) is 0.345. The van der Waals surface area contributed by atoms with Gasteiger partial charge in [-0.05, 0) is 44.2 Å². The molecule has 0 bridgehead atoms. The number of benzene rings is 2. The van der Waals surface area contributed by atoms with Crippen LogP contribution < -0.4 is 4.74 Å². The third-order valence-electron chi connectivity index (χ3n) is 3.67. The molecule has 7 nitrogen and oxygen atoms in total. The van der Waals surface area contributed by atoms with Crippen molar-refractivity contribution >= 4 is 17.4 Å². The zero-order valence-electron chi connectivity index (χ0n) is 14.0. The molecule has 0 N–H and O–H groups in total. The summed E-state index contributed by atoms with van der Waals surface area (Å²) in [5.41, 5.74) is 0.648. The third kappa shape index (κ3) is 4.20. The second-order valence-electron chi connectivity index (χ2n) is 5.40. The Morgan fingerprint density at radius 3 is 2.24 bits per heavy atom. The van der Waals surface area contributed by atoms with Crippen molar-refractivity contribution in [1.82, 2.24) is 0 Å². The minimum Gasteiger partial charge on any atom is -0.497 e. The molecule has 0 saturated heterocycles. The van der Waals surface area contributed by atoms with E-state index in [1.165, 1.54) is 26.2 Å². The van der Waals surface area contributed by atoms with Gasteiger partial charge in [-0.15, -0.1) is 0 Å². The molecule has 25 heavy (non-hydrogen) atoms. The van der Waals surface area contributed by atoms with Gasteiger partial charge in [0.05, 0.1) is 17.6 Å². The summed E-state index contributed by atoms with van der Waals surface area (Å²) in [6.07, 6.45) is -1.03. The molecule has 0 heterocycles. The van der Waals surface area contributed by atoms with Crippen LogP contribution in [-0.2, 0) is 4.74 Å². The van der Waals surface area contributed by atoms with Gasteiger partial charge in [-0.3, -0.25) is 14.9 Å². The molecule has 0 unspecified atom stereocenters. The Kier molecular flexibility index (Phi) is 5.49. The van der Waals surface area contributed by atoms with Crippen LogP contribution in [0.15, 0.2) is 42.5 Å². The van der Waals surface area contributed by atoms with Gasteiger partial charge < -0.3 is 9.47 Å². The fourth-order valence-corrected chi connectivity index (χ4v) is 2.21. The van der Waals surface area contributed by atoms with Crippen molar-refractivity contribution in [1.29, 1.82) is 0 Å². The third-order valence-corrected chi connectivity index (χ3v) is 3.67. The number of ketones is 1. The van der Waals surface area contributed by atoms with E-state index in [1.807, 2.05) is 0 Å². The number of Topliss-reactive ketones (excluding diaryl/α,β-unsaturated/α-hetero) is 1. The molecular formula is C18H17NO6. The Balaban J connectivity index is 2.12. The van der Waals surface area contributed by atoms with Crippen LogP contribution in [0.2, 0.25) is 0 Å². The SMILES string of the molecule is COc1ccc(C(=O)[C@@H](C)OC(=O)c2ccc(C)c([N+](=O)[O-])c2)cc1. The topological polar surface area (TPSA) is 95.7 Å². The minimum atomic E-state index is -1.03. The largest absolute Gasteiger partial charge is 0.497 e. The van der Waals surface area contributed by atoms with E-state index in [4.69, 9.17) is 9.47 Å². The number of methoxy groups -OCH3 is 1. The first kappa shape index (κ1) is 18.1. The highest BCUT2D eigenvalue weighted by Crippen LogP contribution is 2.20. The number of ether oxygens (including phenoxy) is 2. The van der Waals surface area contributed by atoms with Crippen molar-refractivity contribution < 1.29 is 24.0 Å². The van der Waals surface area contributed by atoms with Crippen molar-refractivity contribution in [3.8, 4) is 5.75 Å². The lowest BCUT2D eigenvalue weighted by Gasteiger charge is -2.13. The summed E-state index contributed by atoms with van der Waals surface area (Å²) >= 11 is 0. The van der Waals surface area contributed by atoms with E-state index in [1.54, 1.807) is 31.2 Å². The lowest BCUT2D eigenvalue weighted by atomic mass is 10.1. The van der Waals surface area contributed by atoms with E-state index < -0.39 is 17.0 Å². The van der Waals surface area contributed by atoms with E-state index in [0.29, 0.717) is 16.9 Å². The maximum absolute atomic E-state index is 12.3. The van der Waals surface area contributed by atoms with Gasteiger partial charge >= 0.3 is 5.97 Å². The number of carbonyl (C=O) groups is 2. The summed E-state index contributed by atoms with van der Waals surface area (Å²) in [5, 5.41) is 11.0. The second kappa shape index (κ2) is 7.57. The van der Waals surface area contributed by atoms with E-state index in [-0.39, 0.29) is 17.0 Å². The molecule has 1 atom stereocenters. The summed E-state index contributed by atoms with van der Waals surface area (Å²) in [4.78, 5) is 34.9. The van der Waals surface area contributed by atoms with E-state index in [9.17, 15) is 19.7 Å². The van der Waals surface area contributed by atoms with Gasteiger partial charge in [0.2, 0.25) is 5.78 Å². The molecule has 0 aromatic heterocycles. The van der Waals surface area contributed by atoms with Crippen molar-refractivity contribution in [2.45, 2.75) is 20.0 Å². The Labute approximate surface area is 144 Å². The number of aryl methyl sites for hydroxylation is 1. The molecule has 2 rings (SSSR count). The molecule has 0 aliphatic carbocycles. The van der Waals surface area contributed by atoms with Gasteiger partial charge in [0, 0.05) is 17.2 Å². The molecule has 0 saturated carbocycles. The summed E-state index contributed by atoms with van der Waals surface area (Å²) in [7, 11) is 1.52. The van der Waals surface area contributed by atoms with Crippen LogP contribution in [0.25, 0.3) is 0 Å². The lowest BCUT2D eigenvalue weighted by molar-refractivity contribution is -0.385. The van der Waals surface area contributed by atoms with Gasteiger partial charge in [-0.2, -0.15) is 0 Å². The zero-order valence-corrected chi connectivity index (χ0v) is 14.0. The van der Waals surface area contributed by atoms with E-state index in [0.717, 1.165) is 6.07 Å². The number of rotatable bonds is 6. The lowest BCUT2D eigenvalue weighted by Crippen LogP contribution is -2.24. The molecule has 0 aliphatic rings. The van der Waals surface area contributed by atoms with Crippen LogP contribution in [0, 0.1) is 17.0 Å². The minimum absolute atomic E-state index is 0.0201. The van der Waals surface area contributed by atoms with E-state index in [2.05, 4.69) is 0 Å². The molecule has 2 aromatic carbocycles. The number of hydrogen-bond acceptors (Lipinski definition) is 6. The molecule has 2 aromatic rings. The number of nitrogens with zero attached hydrogens (tertiary/aromatic N) is 1. The summed E-state index contributed by atoms with van der Waals surface area (Å²) < 4.78 is 10.2. The second-order valence-corrected chi connectivity index (χ2v) is 5.40. The Morgan fingerprint density at radius 2 is 1.68 bits per heavy atom. The number of esters is 1. The van der Waals surface area contributed by atoms with Gasteiger partial charge in [-0.25, -0.2) is 4.79 Å². The van der Waals surface area contributed by atoms with E-state index >= 15 is 0 Å². The molecule has 0 fully saturated rings. The van der Waals surface area contributed by atoms with Crippen LogP contribution in [0.5, 0.6) is 5.75 Å². The van der Waals surface area contributed by atoms with Crippen molar-refractivity contribution in [3.63, 3.8) is 0 Å². The first-order valence-corrected chi connectivity index (χ1v) is 7.47. The summed E-state index contributed by atoms with van der Waals surface area (Å²) in [5.74, 6) is -0.566. The van der Waals surface area contributed by atoms with Crippen LogP contribution in [0.1, 0.15) is 33.2 Å². The Bertz CT molecular complexity index is 813. The van der Waals surface area contributed by atoms with Crippen LogP contribution in [0.3, 0.4) is 0 Å². The van der Waals surface area contributed by atoms with Crippen molar-refractivity contribution in [2.75, 3.05) is 7.11 Å². The number of hydrogen-bond donors (Lipinski definition) is 0. The highest BCUT2D eigenvalue weighted by Gasteiger charge is 2.22. The highest BCUT2D eigenvalue weighted by atomic mass is 16.6. The van der Waals surface area contributed by atoms with Gasteiger partial charge in [-0.1, -0.05) is 6.07 Å². The molecule has 0 radical (unpaired) electrons. The smallest absolute Gasteiger partial charge is 0.339 e. The van der Waals surface area contributed by atoms with Crippen LogP contribution >= 0.6 is 0 Å². The molecule has 0 amide bonds. The number of carbonyl (C=O) groups excluding carboxylic acids is 2. The Morgan fingerprint density at radius 1 is 1.08 bits per heavy atom. The average Bonchev–Trinajstić information content (AvgIpc) is 2.61. The Hall–Kier alpha value is -3.22. The predicted octanol–water partition coefficient (Wildman–Crippen LogP) is 3.34. The highest BCUT2D eigenvalue weighted by molar-refractivity contribution is 6.01. The molecule has 130 valence electrons. The maximum atomic E-state index is 12.3. The fourth-order valence-electron chi connectivity index (χ4n) is 2.21. The fraction of sp³-hybridized carbons (Fsp3) is 0.222. The van der Waals surface area contributed by atoms with Crippen LogP contribution in [-0.4, -0.2) is 29.9 Å². The zero-order chi connectivity index (χ0) is 18.6. The van der Waals surface area contributed by atoms with Gasteiger partial charge in [0.15, 0.2) is 6.10 Å². The molecule has 7 heteroatoms. The molecular weight excluding hydrogens is 326 g/mol. The number of nitro groups is 1. The first-order valence-electron chi connectivity index (χ1n) is 7.47. The standard InChI is InChI=1S/C18H17NO6/c1-11-4-5-14(10-16(11)19(22)23)18(21)25-12(2)17(20)13-6-8-15(24-3)9-7-13/h4-10,12H,1-3H3/t12-/m1/s1. The van der Waals surface area contributed by atoms with Gasteiger partial charge in [0.25, 0.3) is 5.69 Å². The van der Waals surface area contributed by atoms with Crippen molar-refractivity contribution in [2.24, 2.45) is 0 Å².